The number of furan rings is 1. The lowest BCUT2D eigenvalue weighted by Gasteiger charge is -2.10. The van der Waals surface area contributed by atoms with Crippen LogP contribution in [0.15, 0.2) is 95.4 Å². The minimum Gasteiger partial charge on any atom is -0.504 e. The van der Waals surface area contributed by atoms with E-state index in [9.17, 15) is 5.11 Å². The summed E-state index contributed by atoms with van der Waals surface area (Å²) in [5.74, 6) is 0.179. The van der Waals surface area contributed by atoms with Crippen LogP contribution in [0, 0.1) is 0 Å². The Labute approximate surface area is 171 Å². The largest absolute Gasteiger partial charge is 0.504 e. The third-order valence-corrected chi connectivity index (χ3v) is 6.31. The molecule has 7 aromatic rings. The average molecular weight is 384 g/mol. The second-order valence-electron chi connectivity index (χ2n) is 7.91. The molecule has 0 aliphatic heterocycles. The van der Waals surface area contributed by atoms with E-state index in [1.165, 1.54) is 32.3 Å². The van der Waals surface area contributed by atoms with E-state index in [4.69, 9.17) is 4.42 Å². The highest BCUT2D eigenvalue weighted by molar-refractivity contribution is 6.30. The van der Waals surface area contributed by atoms with Gasteiger partial charge in [0.2, 0.25) is 0 Å². The molecule has 0 atom stereocenters. The Morgan fingerprint density at radius 3 is 1.70 bits per heavy atom. The minimum absolute atomic E-state index is 0.179. The molecule has 140 valence electrons. The van der Waals surface area contributed by atoms with Crippen LogP contribution in [0.3, 0.4) is 0 Å². The zero-order chi connectivity index (χ0) is 19.8. The van der Waals surface area contributed by atoms with Crippen LogP contribution in [0.2, 0.25) is 0 Å². The summed E-state index contributed by atoms with van der Waals surface area (Å²) < 4.78 is 6.21. The van der Waals surface area contributed by atoms with Gasteiger partial charge in [-0.3, -0.25) is 0 Å². The molecule has 1 N–H and O–H groups in total. The first-order chi connectivity index (χ1) is 14.8. The molecule has 6 aromatic carbocycles. The molecule has 0 fully saturated rings. The first-order valence-corrected chi connectivity index (χ1v) is 10.1. The van der Waals surface area contributed by atoms with Crippen molar-refractivity contribution in [2.75, 3.05) is 0 Å². The van der Waals surface area contributed by atoms with Crippen molar-refractivity contribution in [1.29, 1.82) is 0 Å². The fourth-order valence-electron chi connectivity index (χ4n) is 5.01. The van der Waals surface area contributed by atoms with E-state index >= 15 is 0 Å². The van der Waals surface area contributed by atoms with Gasteiger partial charge in [-0.15, -0.1) is 0 Å². The number of hydrogen-bond donors (Lipinski definition) is 1. The Hall–Kier alpha value is -4.04. The molecule has 2 heteroatoms. The zero-order valence-corrected chi connectivity index (χ0v) is 16.0. The molecule has 0 saturated carbocycles. The molecule has 0 radical (unpaired) electrons. The second-order valence-corrected chi connectivity index (χ2v) is 7.91. The standard InChI is InChI=1S/C28H16O2/c29-25-13-16-7-1-2-8-17(16)27-24-14-22-20-11-5-3-9-18(20)19-10-4-6-12-21(19)23(22)15-26(24)30-28(25)27/h1-15,29H. The number of fused-ring (bicyclic) bond motifs is 11. The van der Waals surface area contributed by atoms with Gasteiger partial charge in [-0.2, -0.15) is 0 Å². The van der Waals surface area contributed by atoms with E-state index in [1.807, 2.05) is 18.2 Å². The predicted molar refractivity (Wildman–Crippen MR) is 125 cm³/mol. The molecule has 2 nitrogen and oxygen atoms in total. The highest BCUT2D eigenvalue weighted by Gasteiger charge is 2.17. The molecular formula is C28H16O2. The summed E-state index contributed by atoms with van der Waals surface area (Å²) in [6.07, 6.45) is 0. The summed E-state index contributed by atoms with van der Waals surface area (Å²) in [6.45, 7) is 0. The van der Waals surface area contributed by atoms with Crippen LogP contribution in [-0.4, -0.2) is 5.11 Å². The Kier molecular flexibility index (Phi) is 2.91. The predicted octanol–water partition coefficient (Wildman–Crippen LogP) is 7.90. The van der Waals surface area contributed by atoms with Crippen LogP contribution in [0.1, 0.15) is 0 Å². The molecule has 1 heterocycles. The quantitative estimate of drug-likeness (QED) is 0.270. The molecule has 0 saturated heterocycles. The van der Waals surface area contributed by atoms with Crippen molar-refractivity contribution in [3.8, 4) is 5.75 Å². The van der Waals surface area contributed by atoms with Crippen molar-refractivity contribution in [3.05, 3.63) is 91.0 Å². The van der Waals surface area contributed by atoms with Gasteiger partial charge in [-0.05, 0) is 61.3 Å². The van der Waals surface area contributed by atoms with E-state index in [0.29, 0.717) is 5.58 Å². The number of hydrogen-bond acceptors (Lipinski definition) is 2. The third-order valence-electron chi connectivity index (χ3n) is 6.31. The van der Waals surface area contributed by atoms with Crippen molar-refractivity contribution in [2.24, 2.45) is 0 Å². The van der Waals surface area contributed by atoms with Gasteiger partial charge in [0.05, 0.1) is 0 Å². The second kappa shape index (κ2) is 5.52. The molecule has 30 heavy (non-hydrogen) atoms. The highest BCUT2D eigenvalue weighted by Crippen LogP contribution is 2.43. The normalized spacial score (nSPS) is 12.1. The Morgan fingerprint density at radius 1 is 0.500 bits per heavy atom. The van der Waals surface area contributed by atoms with E-state index in [1.54, 1.807) is 6.07 Å². The van der Waals surface area contributed by atoms with Gasteiger partial charge in [0.25, 0.3) is 0 Å². The fourth-order valence-corrected chi connectivity index (χ4v) is 5.01. The van der Waals surface area contributed by atoms with Crippen LogP contribution in [0.25, 0.3) is 65.0 Å². The molecule has 0 spiro atoms. The zero-order valence-electron chi connectivity index (χ0n) is 16.0. The van der Waals surface area contributed by atoms with Crippen molar-refractivity contribution in [2.45, 2.75) is 0 Å². The topological polar surface area (TPSA) is 33.4 Å². The maximum absolute atomic E-state index is 10.7. The van der Waals surface area contributed by atoms with Crippen molar-refractivity contribution in [1.82, 2.24) is 0 Å². The molecule has 0 aliphatic carbocycles. The van der Waals surface area contributed by atoms with Gasteiger partial charge in [-0.25, -0.2) is 0 Å². The Balaban J connectivity index is 1.80. The number of rotatable bonds is 0. The monoisotopic (exact) mass is 384 g/mol. The van der Waals surface area contributed by atoms with Crippen molar-refractivity contribution in [3.63, 3.8) is 0 Å². The smallest absolute Gasteiger partial charge is 0.177 e. The minimum atomic E-state index is 0.179. The van der Waals surface area contributed by atoms with E-state index in [0.717, 1.165) is 27.1 Å². The number of phenols is 1. The molecule has 0 aliphatic rings. The summed E-state index contributed by atoms with van der Waals surface area (Å²) in [5.41, 5.74) is 1.34. The summed E-state index contributed by atoms with van der Waals surface area (Å²) in [7, 11) is 0. The lowest BCUT2D eigenvalue weighted by Crippen LogP contribution is -1.83. The third kappa shape index (κ3) is 1.93. The summed E-state index contributed by atoms with van der Waals surface area (Å²) in [6, 6.07) is 31.4. The Morgan fingerprint density at radius 2 is 1.03 bits per heavy atom. The van der Waals surface area contributed by atoms with Gasteiger partial charge in [0.15, 0.2) is 11.3 Å². The van der Waals surface area contributed by atoms with Gasteiger partial charge in [-0.1, -0.05) is 72.8 Å². The van der Waals surface area contributed by atoms with E-state index in [-0.39, 0.29) is 5.75 Å². The maximum atomic E-state index is 10.7. The summed E-state index contributed by atoms with van der Waals surface area (Å²) >= 11 is 0. The maximum Gasteiger partial charge on any atom is 0.177 e. The van der Waals surface area contributed by atoms with Crippen molar-refractivity contribution >= 4 is 65.0 Å². The van der Waals surface area contributed by atoms with Crippen LogP contribution in [0.4, 0.5) is 0 Å². The van der Waals surface area contributed by atoms with Crippen molar-refractivity contribution < 1.29 is 9.52 Å². The first kappa shape index (κ1) is 15.8. The fraction of sp³-hybridized carbons (Fsp3) is 0. The lowest BCUT2D eigenvalue weighted by atomic mass is 9.93. The highest BCUT2D eigenvalue weighted by atomic mass is 16.4. The molecule has 7 rings (SSSR count). The molecule has 0 bridgehead atoms. The van der Waals surface area contributed by atoms with Crippen LogP contribution in [-0.2, 0) is 0 Å². The first-order valence-electron chi connectivity index (χ1n) is 10.1. The number of phenolic OH excluding ortho intramolecular Hbond substituents is 1. The summed E-state index contributed by atoms with van der Waals surface area (Å²) in [5, 5.41) is 22.1. The van der Waals surface area contributed by atoms with Crippen LogP contribution in [0.5, 0.6) is 5.75 Å². The van der Waals surface area contributed by atoms with Crippen LogP contribution < -0.4 is 0 Å². The van der Waals surface area contributed by atoms with E-state index in [2.05, 4.69) is 66.7 Å². The number of aromatic hydroxyl groups is 1. The lowest BCUT2D eigenvalue weighted by molar-refractivity contribution is 0.469. The summed E-state index contributed by atoms with van der Waals surface area (Å²) in [4.78, 5) is 0. The molecule has 0 unspecified atom stereocenters. The van der Waals surface area contributed by atoms with Gasteiger partial charge >= 0.3 is 0 Å². The average Bonchev–Trinajstić information content (AvgIpc) is 3.18. The van der Waals surface area contributed by atoms with Gasteiger partial charge in [0, 0.05) is 10.8 Å². The van der Waals surface area contributed by atoms with E-state index < -0.39 is 0 Å². The SMILES string of the molecule is Oc1cc2ccccc2c2c1oc1cc3c4ccccc4c4ccccc4c3cc12. The molecule has 1 aromatic heterocycles. The van der Waals surface area contributed by atoms with Gasteiger partial charge in [0.1, 0.15) is 5.58 Å². The molecule has 0 amide bonds. The van der Waals surface area contributed by atoms with Gasteiger partial charge < -0.3 is 9.52 Å². The Bertz CT molecular complexity index is 1810. The van der Waals surface area contributed by atoms with Crippen LogP contribution >= 0.6 is 0 Å². The molecular weight excluding hydrogens is 368 g/mol. The number of benzene rings is 6.